The van der Waals surface area contributed by atoms with Gasteiger partial charge >= 0.3 is 0 Å². The van der Waals surface area contributed by atoms with Crippen LogP contribution in [0.15, 0.2) is 54.6 Å². The van der Waals surface area contributed by atoms with Crippen molar-refractivity contribution >= 4 is 11.8 Å². The Labute approximate surface area is 177 Å². The number of rotatable bonds is 7. The van der Waals surface area contributed by atoms with Gasteiger partial charge in [0, 0.05) is 37.3 Å². The van der Waals surface area contributed by atoms with Crippen molar-refractivity contribution in [3.8, 4) is 5.75 Å². The molecular weight excluding hydrogens is 380 g/mol. The fourth-order valence-corrected chi connectivity index (χ4v) is 3.79. The van der Waals surface area contributed by atoms with Crippen LogP contribution in [-0.4, -0.2) is 67.6 Å². The number of carbonyl (C=O) groups excluding carboxylic acids is 2. The number of hydrogen-bond acceptors (Lipinski definition) is 4. The Bertz CT molecular complexity index is 865. The smallest absolute Gasteiger partial charge is 0.254 e. The van der Waals surface area contributed by atoms with Gasteiger partial charge in [-0.3, -0.25) is 9.59 Å². The van der Waals surface area contributed by atoms with Gasteiger partial charge < -0.3 is 19.3 Å². The second-order valence-electron chi connectivity index (χ2n) is 7.99. The first-order valence-corrected chi connectivity index (χ1v) is 10.5. The van der Waals surface area contributed by atoms with Crippen LogP contribution in [0.5, 0.6) is 5.75 Å². The van der Waals surface area contributed by atoms with E-state index in [0.29, 0.717) is 43.3 Å². The van der Waals surface area contributed by atoms with Gasteiger partial charge in [-0.25, -0.2) is 0 Å². The van der Waals surface area contributed by atoms with Gasteiger partial charge in [-0.05, 0) is 55.2 Å². The van der Waals surface area contributed by atoms with Gasteiger partial charge in [-0.1, -0.05) is 18.2 Å². The number of ether oxygens (including phenoxy) is 2. The van der Waals surface area contributed by atoms with Crippen LogP contribution in [0.25, 0.3) is 0 Å². The molecule has 1 atom stereocenters. The second kappa shape index (κ2) is 9.30. The highest BCUT2D eigenvalue weighted by molar-refractivity contribution is 5.95. The molecule has 1 saturated carbocycles. The molecule has 0 N–H and O–H groups in total. The number of morpholine rings is 1. The fraction of sp³-hybridized carbons (Fsp3) is 0.417. The van der Waals surface area contributed by atoms with E-state index in [-0.39, 0.29) is 17.9 Å². The zero-order valence-corrected chi connectivity index (χ0v) is 17.3. The van der Waals surface area contributed by atoms with E-state index >= 15 is 0 Å². The second-order valence-corrected chi connectivity index (χ2v) is 7.99. The van der Waals surface area contributed by atoms with E-state index in [9.17, 15) is 9.59 Å². The Morgan fingerprint density at radius 1 is 1.03 bits per heavy atom. The lowest BCUT2D eigenvalue weighted by Gasteiger charge is -2.36. The Balaban J connectivity index is 1.41. The Morgan fingerprint density at radius 2 is 1.77 bits per heavy atom. The largest absolute Gasteiger partial charge is 0.497 e. The predicted molar refractivity (Wildman–Crippen MR) is 114 cm³/mol. The number of hydrogen-bond donors (Lipinski definition) is 0. The number of benzene rings is 2. The minimum Gasteiger partial charge on any atom is -0.497 e. The molecule has 0 bridgehead atoms. The summed E-state index contributed by atoms with van der Waals surface area (Å²) >= 11 is 0. The molecule has 0 radical (unpaired) electrons. The first-order chi connectivity index (χ1) is 14.6. The lowest BCUT2D eigenvalue weighted by molar-refractivity contribution is -0.0335. The molecule has 6 nitrogen and oxygen atoms in total. The van der Waals surface area contributed by atoms with E-state index in [1.165, 1.54) is 12.8 Å². The zero-order valence-electron chi connectivity index (χ0n) is 17.3. The van der Waals surface area contributed by atoms with Crippen molar-refractivity contribution in [3.05, 3.63) is 65.7 Å². The van der Waals surface area contributed by atoms with Gasteiger partial charge in [0.2, 0.25) is 0 Å². The molecule has 2 aromatic rings. The molecule has 2 aromatic carbocycles. The summed E-state index contributed by atoms with van der Waals surface area (Å²) in [5.74, 6) is 1.32. The maximum absolute atomic E-state index is 13.1. The number of nitrogens with zero attached hydrogens (tertiary/aromatic N) is 2. The third kappa shape index (κ3) is 5.00. The summed E-state index contributed by atoms with van der Waals surface area (Å²) in [6.45, 7) is 2.75. The molecule has 2 aliphatic rings. The monoisotopic (exact) mass is 408 g/mol. The van der Waals surface area contributed by atoms with Gasteiger partial charge in [0.05, 0.1) is 19.8 Å². The molecule has 2 amide bonds. The van der Waals surface area contributed by atoms with E-state index in [4.69, 9.17) is 9.47 Å². The van der Waals surface area contributed by atoms with Gasteiger partial charge in [0.25, 0.3) is 11.8 Å². The summed E-state index contributed by atoms with van der Waals surface area (Å²) in [5.41, 5.74) is 1.33. The van der Waals surface area contributed by atoms with Crippen LogP contribution in [0.3, 0.4) is 0 Å². The average molecular weight is 408 g/mol. The van der Waals surface area contributed by atoms with Crippen LogP contribution in [0.1, 0.15) is 33.6 Å². The minimum atomic E-state index is -0.188. The molecule has 1 saturated heterocycles. The molecule has 158 valence electrons. The summed E-state index contributed by atoms with van der Waals surface area (Å²) in [4.78, 5) is 29.7. The lowest BCUT2D eigenvalue weighted by atomic mass is 10.1. The molecule has 1 unspecified atom stereocenters. The van der Waals surface area contributed by atoms with E-state index < -0.39 is 0 Å². The van der Waals surface area contributed by atoms with E-state index in [1.807, 2.05) is 40.1 Å². The number of amides is 2. The average Bonchev–Trinajstić information content (AvgIpc) is 3.62. The normalized spacial score (nSPS) is 18.7. The van der Waals surface area contributed by atoms with Crippen molar-refractivity contribution in [1.82, 2.24) is 9.80 Å². The van der Waals surface area contributed by atoms with Crippen LogP contribution in [0.2, 0.25) is 0 Å². The highest BCUT2D eigenvalue weighted by Crippen LogP contribution is 2.30. The molecule has 0 aromatic heterocycles. The number of carbonyl (C=O) groups is 2. The van der Waals surface area contributed by atoms with E-state index in [2.05, 4.69) is 0 Å². The standard InChI is InChI=1S/C24H28N2O4/c1-29-21-11-9-20(10-12-21)23(27)25-13-14-30-22(16-25)17-26(15-18-7-8-18)24(28)19-5-3-2-4-6-19/h2-6,9-12,18,22H,7-8,13-17H2,1H3. The molecule has 1 aliphatic heterocycles. The number of methoxy groups -OCH3 is 1. The first-order valence-electron chi connectivity index (χ1n) is 10.5. The van der Waals surface area contributed by atoms with Crippen molar-refractivity contribution < 1.29 is 19.1 Å². The van der Waals surface area contributed by atoms with E-state index in [1.54, 1.807) is 31.4 Å². The highest BCUT2D eigenvalue weighted by atomic mass is 16.5. The van der Waals surface area contributed by atoms with Gasteiger partial charge in [-0.15, -0.1) is 0 Å². The summed E-state index contributed by atoms with van der Waals surface area (Å²) in [5, 5.41) is 0. The summed E-state index contributed by atoms with van der Waals surface area (Å²) in [7, 11) is 1.60. The highest BCUT2D eigenvalue weighted by Gasteiger charge is 2.32. The molecule has 1 heterocycles. The molecule has 30 heavy (non-hydrogen) atoms. The third-order valence-electron chi connectivity index (χ3n) is 5.67. The Kier molecular flexibility index (Phi) is 6.33. The Hall–Kier alpha value is -2.86. The van der Waals surface area contributed by atoms with Crippen molar-refractivity contribution in [2.75, 3.05) is 39.9 Å². The topological polar surface area (TPSA) is 59.1 Å². The van der Waals surface area contributed by atoms with Crippen LogP contribution in [0, 0.1) is 5.92 Å². The summed E-state index contributed by atoms with van der Waals surface area (Å²) < 4.78 is 11.1. The van der Waals surface area contributed by atoms with Gasteiger partial charge in [0.15, 0.2) is 0 Å². The molecule has 2 fully saturated rings. The maximum atomic E-state index is 13.1. The van der Waals surface area contributed by atoms with Crippen LogP contribution in [-0.2, 0) is 4.74 Å². The third-order valence-corrected chi connectivity index (χ3v) is 5.67. The van der Waals surface area contributed by atoms with Crippen LogP contribution < -0.4 is 4.74 Å². The van der Waals surface area contributed by atoms with Crippen LogP contribution in [0.4, 0.5) is 0 Å². The lowest BCUT2D eigenvalue weighted by Crippen LogP contribution is -2.51. The van der Waals surface area contributed by atoms with Crippen molar-refractivity contribution in [2.45, 2.75) is 18.9 Å². The van der Waals surface area contributed by atoms with Gasteiger partial charge in [0.1, 0.15) is 5.75 Å². The maximum Gasteiger partial charge on any atom is 0.254 e. The molecule has 4 rings (SSSR count). The predicted octanol–water partition coefficient (Wildman–Crippen LogP) is 3.09. The molecule has 1 aliphatic carbocycles. The van der Waals surface area contributed by atoms with Gasteiger partial charge in [-0.2, -0.15) is 0 Å². The zero-order chi connectivity index (χ0) is 20.9. The Morgan fingerprint density at radius 3 is 2.43 bits per heavy atom. The van der Waals surface area contributed by atoms with Crippen molar-refractivity contribution in [2.24, 2.45) is 5.92 Å². The summed E-state index contributed by atoms with van der Waals surface area (Å²) in [6.07, 6.45) is 2.16. The summed E-state index contributed by atoms with van der Waals surface area (Å²) in [6, 6.07) is 16.5. The van der Waals surface area contributed by atoms with Crippen LogP contribution >= 0.6 is 0 Å². The van der Waals surface area contributed by atoms with Crippen molar-refractivity contribution in [1.29, 1.82) is 0 Å². The fourth-order valence-electron chi connectivity index (χ4n) is 3.79. The molecular formula is C24H28N2O4. The van der Waals surface area contributed by atoms with E-state index in [0.717, 1.165) is 12.3 Å². The minimum absolute atomic E-state index is 0.0194. The van der Waals surface area contributed by atoms with Crippen molar-refractivity contribution in [3.63, 3.8) is 0 Å². The molecule has 0 spiro atoms. The quantitative estimate of drug-likeness (QED) is 0.707. The first kappa shape index (κ1) is 20.4. The SMILES string of the molecule is COc1ccc(C(=O)N2CCOC(CN(CC3CC3)C(=O)c3ccccc3)C2)cc1. The molecule has 6 heteroatoms.